The first-order valence-corrected chi connectivity index (χ1v) is 15.4. The van der Waals surface area contributed by atoms with Crippen molar-refractivity contribution in [3.63, 3.8) is 0 Å². The van der Waals surface area contributed by atoms with Gasteiger partial charge in [-0.05, 0) is 78.6 Å². The average molecular weight is 622 g/mol. The van der Waals surface area contributed by atoms with Gasteiger partial charge in [0.1, 0.15) is 18.0 Å². The summed E-state index contributed by atoms with van der Waals surface area (Å²) in [5.74, 6) is -0.868. The number of aryl methyl sites for hydroxylation is 1. The molecule has 0 spiro atoms. The minimum Gasteiger partial charge on any atom is -0.395 e. The molecule has 10 heteroatoms. The standard InChI is InChI=1S/C34H38ClF2N5O2/c1-2-5-31(40-27-13-10-23-15-26(36)16-30(37)29(23)17-27)34(44)41-33-19-42(21-39-33)32-7-4-3-6-24(32)18-38-28(20-43)14-22-8-11-25(35)12-9-22/h3-4,6-9,11-12,15-16,19,21,27-28,31,38,40,43H,2,5,10,13-14,17-18,20H2,1H3,(H,41,44)/t27-,28?,31?/m0/s1. The van der Waals surface area contributed by atoms with Crippen molar-refractivity contribution in [2.24, 2.45) is 0 Å². The lowest BCUT2D eigenvalue weighted by atomic mass is 9.87. The maximum absolute atomic E-state index is 14.4. The van der Waals surface area contributed by atoms with Crippen molar-refractivity contribution in [2.45, 2.75) is 70.1 Å². The van der Waals surface area contributed by atoms with Crippen molar-refractivity contribution < 1.29 is 18.7 Å². The van der Waals surface area contributed by atoms with Gasteiger partial charge in [0.25, 0.3) is 0 Å². The average Bonchev–Trinajstić information content (AvgIpc) is 3.48. The summed E-state index contributed by atoms with van der Waals surface area (Å²) in [4.78, 5) is 17.8. The van der Waals surface area contributed by atoms with Crippen molar-refractivity contribution in [2.75, 3.05) is 11.9 Å². The van der Waals surface area contributed by atoms with Gasteiger partial charge in [0.15, 0.2) is 5.82 Å². The van der Waals surface area contributed by atoms with Crippen LogP contribution in [0.15, 0.2) is 73.2 Å². The van der Waals surface area contributed by atoms with E-state index in [1.54, 1.807) is 12.5 Å². The molecule has 2 unspecified atom stereocenters. The van der Waals surface area contributed by atoms with Gasteiger partial charge in [0, 0.05) is 29.7 Å². The van der Waals surface area contributed by atoms with Crippen LogP contribution in [-0.4, -0.2) is 45.3 Å². The van der Waals surface area contributed by atoms with E-state index in [0.29, 0.717) is 60.6 Å². The van der Waals surface area contributed by atoms with Crippen LogP contribution >= 0.6 is 11.6 Å². The molecule has 1 amide bonds. The maximum atomic E-state index is 14.4. The minimum absolute atomic E-state index is 0.0140. The highest BCUT2D eigenvalue weighted by atomic mass is 35.5. The second-order valence-electron chi connectivity index (χ2n) is 11.3. The van der Waals surface area contributed by atoms with Gasteiger partial charge < -0.3 is 25.6 Å². The molecule has 0 aliphatic heterocycles. The third kappa shape index (κ3) is 8.09. The van der Waals surface area contributed by atoms with E-state index in [1.807, 2.05) is 60.0 Å². The van der Waals surface area contributed by atoms with Crippen LogP contribution in [0, 0.1) is 11.6 Å². The summed E-state index contributed by atoms with van der Waals surface area (Å²) in [5, 5.41) is 20.4. The number of imidazole rings is 1. The molecule has 4 N–H and O–H groups in total. The van der Waals surface area contributed by atoms with Crippen LogP contribution in [0.25, 0.3) is 5.69 Å². The number of hydrogen-bond donors (Lipinski definition) is 4. The monoisotopic (exact) mass is 621 g/mol. The normalized spacial score (nSPS) is 15.9. The van der Waals surface area contributed by atoms with E-state index in [0.717, 1.165) is 29.3 Å². The van der Waals surface area contributed by atoms with E-state index in [1.165, 1.54) is 6.07 Å². The van der Waals surface area contributed by atoms with Gasteiger partial charge in [-0.1, -0.05) is 55.3 Å². The molecule has 0 saturated heterocycles. The Morgan fingerprint density at radius 2 is 1.95 bits per heavy atom. The summed E-state index contributed by atoms with van der Waals surface area (Å²) in [6.45, 7) is 2.52. The fraction of sp³-hybridized carbons (Fsp3) is 0.353. The molecule has 3 atom stereocenters. The molecule has 1 aliphatic carbocycles. The van der Waals surface area contributed by atoms with E-state index in [-0.39, 0.29) is 24.6 Å². The van der Waals surface area contributed by atoms with Crippen LogP contribution in [0.5, 0.6) is 0 Å². The van der Waals surface area contributed by atoms with Crippen LogP contribution in [-0.2, 0) is 30.6 Å². The number of aliphatic hydroxyl groups excluding tert-OH is 1. The first-order chi connectivity index (χ1) is 21.3. The Kier molecular flexibility index (Phi) is 10.8. The number of nitrogens with one attached hydrogen (secondary N) is 3. The van der Waals surface area contributed by atoms with Crippen molar-refractivity contribution in [1.29, 1.82) is 0 Å². The molecule has 0 bridgehead atoms. The van der Waals surface area contributed by atoms with Crippen molar-refractivity contribution in [3.8, 4) is 5.69 Å². The molecule has 0 radical (unpaired) electrons. The van der Waals surface area contributed by atoms with E-state index in [4.69, 9.17) is 11.6 Å². The zero-order valence-electron chi connectivity index (χ0n) is 24.7. The number of halogens is 3. The van der Waals surface area contributed by atoms with E-state index >= 15 is 0 Å². The van der Waals surface area contributed by atoms with Gasteiger partial charge in [-0.3, -0.25) is 4.79 Å². The summed E-state index contributed by atoms with van der Waals surface area (Å²) in [6, 6.07) is 17.1. The highest BCUT2D eigenvalue weighted by molar-refractivity contribution is 6.30. The molecule has 3 aromatic carbocycles. The first kappa shape index (κ1) is 31.8. The Hall–Kier alpha value is -3.63. The number of nitrogens with zero attached hydrogens (tertiary/aromatic N) is 2. The SMILES string of the molecule is CCCC(N[C@H]1CCc2cc(F)cc(F)c2C1)C(=O)Nc1cn(-c2ccccc2CNC(CO)Cc2ccc(Cl)cc2)cn1. The minimum atomic E-state index is -0.558. The molecule has 7 nitrogen and oxygen atoms in total. The van der Waals surface area contributed by atoms with Gasteiger partial charge in [0.2, 0.25) is 5.91 Å². The Morgan fingerprint density at radius 1 is 1.16 bits per heavy atom. The zero-order valence-corrected chi connectivity index (χ0v) is 25.5. The highest BCUT2D eigenvalue weighted by Crippen LogP contribution is 2.26. The summed E-state index contributed by atoms with van der Waals surface area (Å²) in [7, 11) is 0. The largest absolute Gasteiger partial charge is 0.395 e. The molecule has 5 rings (SSSR count). The second kappa shape index (κ2) is 14.9. The molecule has 1 aliphatic rings. The molecule has 0 fully saturated rings. The quantitative estimate of drug-likeness (QED) is 0.153. The van der Waals surface area contributed by atoms with Gasteiger partial charge in [-0.25, -0.2) is 13.8 Å². The summed E-state index contributed by atoms with van der Waals surface area (Å²) < 4.78 is 29.9. The molecule has 1 aromatic heterocycles. The number of fused-ring (bicyclic) bond motifs is 1. The number of benzene rings is 3. The van der Waals surface area contributed by atoms with Gasteiger partial charge in [-0.2, -0.15) is 0 Å². The van der Waals surface area contributed by atoms with Crippen LogP contribution < -0.4 is 16.0 Å². The van der Waals surface area contributed by atoms with E-state index < -0.39 is 17.7 Å². The van der Waals surface area contributed by atoms with Gasteiger partial charge in [-0.15, -0.1) is 0 Å². The van der Waals surface area contributed by atoms with Crippen molar-refractivity contribution in [3.05, 3.63) is 112 Å². The molecule has 4 aromatic rings. The maximum Gasteiger partial charge on any atom is 0.242 e. The fourth-order valence-corrected chi connectivity index (χ4v) is 5.92. The fourth-order valence-electron chi connectivity index (χ4n) is 5.80. The lowest BCUT2D eigenvalue weighted by Crippen LogP contribution is -2.48. The third-order valence-corrected chi connectivity index (χ3v) is 8.35. The second-order valence-corrected chi connectivity index (χ2v) is 11.8. The molecular formula is C34H38ClF2N5O2. The Balaban J connectivity index is 1.21. The van der Waals surface area contributed by atoms with E-state index in [2.05, 4.69) is 20.9 Å². The predicted molar refractivity (Wildman–Crippen MR) is 169 cm³/mol. The summed E-state index contributed by atoms with van der Waals surface area (Å²) >= 11 is 6.00. The number of para-hydroxylation sites is 1. The zero-order chi connectivity index (χ0) is 31.1. The predicted octanol–water partition coefficient (Wildman–Crippen LogP) is 5.75. The topological polar surface area (TPSA) is 91.2 Å². The number of carbonyl (C=O) groups is 1. The smallest absolute Gasteiger partial charge is 0.242 e. The van der Waals surface area contributed by atoms with Gasteiger partial charge in [0.05, 0.1) is 24.5 Å². The Morgan fingerprint density at radius 3 is 2.73 bits per heavy atom. The molecule has 0 saturated carbocycles. The van der Waals surface area contributed by atoms with Crippen molar-refractivity contribution in [1.82, 2.24) is 20.2 Å². The Bertz CT molecular complexity index is 1560. The molecule has 44 heavy (non-hydrogen) atoms. The first-order valence-electron chi connectivity index (χ1n) is 15.1. The summed E-state index contributed by atoms with van der Waals surface area (Å²) in [6.07, 6.45) is 7.15. The number of amides is 1. The lowest BCUT2D eigenvalue weighted by Gasteiger charge is -2.29. The Labute approximate surface area is 261 Å². The lowest BCUT2D eigenvalue weighted by molar-refractivity contribution is -0.118. The van der Waals surface area contributed by atoms with E-state index in [9.17, 15) is 18.7 Å². The summed E-state index contributed by atoms with van der Waals surface area (Å²) in [5.41, 5.74) is 4.21. The molecular weight excluding hydrogens is 584 g/mol. The number of hydrogen-bond acceptors (Lipinski definition) is 5. The van der Waals surface area contributed by atoms with Crippen molar-refractivity contribution >= 4 is 23.3 Å². The number of anilines is 1. The van der Waals surface area contributed by atoms with Crippen LogP contribution in [0.4, 0.5) is 14.6 Å². The highest BCUT2D eigenvalue weighted by Gasteiger charge is 2.27. The number of aromatic nitrogens is 2. The third-order valence-electron chi connectivity index (χ3n) is 8.10. The van der Waals surface area contributed by atoms with Gasteiger partial charge >= 0.3 is 0 Å². The molecule has 1 heterocycles. The number of rotatable bonds is 13. The molecule has 232 valence electrons. The van der Waals surface area contributed by atoms with Crippen LogP contribution in [0.1, 0.15) is 48.4 Å². The van der Waals surface area contributed by atoms with Crippen LogP contribution in [0.2, 0.25) is 5.02 Å². The number of aliphatic hydroxyl groups is 1. The number of carbonyl (C=O) groups excluding carboxylic acids is 1. The van der Waals surface area contributed by atoms with Crippen LogP contribution in [0.3, 0.4) is 0 Å².